The third-order valence-corrected chi connectivity index (χ3v) is 5.03. The number of fused-ring (bicyclic) bond motifs is 1. The van der Waals surface area contributed by atoms with Gasteiger partial charge >= 0.3 is 0 Å². The first-order valence-electron chi connectivity index (χ1n) is 8.61. The molecule has 4 rings (SSSR count). The number of nitrogens with one attached hydrogen (secondary N) is 2. The highest BCUT2D eigenvalue weighted by molar-refractivity contribution is 6.31. The van der Waals surface area contributed by atoms with E-state index in [9.17, 15) is 9.18 Å². The van der Waals surface area contributed by atoms with Gasteiger partial charge in [0.15, 0.2) is 5.82 Å². The summed E-state index contributed by atoms with van der Waals surface area (Å²) in [7, 11) is 0. The number of aromatic amines is 1. The molecule has 0 spiro atoms. The van der Waals surface area contributed by atoms with E-state index >= 15 is 0 Å². The molecule has 1 fully saturated rings. The Morgan fingerprint density at radius 2 is 1.96 bits per heavy atom. The van der Waals surface area contributed by atoms with Gasteiger partial charge in [-0.2, -0.15) is 0 Å². The molecule has 1 aromatic heterocycles. The molecule has 5 nitrogen and oxygen atoms in total. The monoisotopic (exact) mass is 373 g/mol. The molecule has 0 radical (unpaired) electrons. The largest absolute Gasteiger partial charge is 0.358 e. The second-order valence-corrected chi connectivity index (χ2v) is 6.98. The van der Waals surface area contributed by atoms with Crippen LogP contribution in [0.3, 0.4) is 0 Å². The van der Waals surface area contributed by atoms with E-state index in [2.05, 4.69) is 14.9 Å². The van der Waals surface area contributed by atoms with E-state index < -0.39 is 0 Å². The molecular weight excluding hydrogens is 355 g/mol. The summed E-state index contributed by atoms with van der Waals surface area (Å²) in [5, 5.41) is 1.10. The molecular formula is C19H19ClFN4O+. The summed E-state index contributed by atoms with van der Waals surface area (Å²) in [6, 6.07) is 11.9. The van der Waals surface area contributed by atoms with Crippen molar-refractivity contribution in [1.82, 2.24) is 9.97 Å². The Kier molecular flexibility index (Phi) is 4.61. The number of hydrogen-bond acceptors (Lipinski definition) is 3. The SMILES string of the molecule is O=c1[nH]c(C[NH+]2CCN(c3ccccc3F)CC2)nc2cc(Cl)ccc12. The number of nitrogens with zero attached hydrogens (tertiary/aromatic N) is 2. The number of H-pyrrole nitrogens is 1. The Bertz CT molecular complexity index is 998. The Morgan fingerprint density at radius 1 is 1.19 bits per heavy atom. The summed E-state index contributed by atoms with van der Waals surface area (Å²) in [4.78, 5) is 23.0. The summed E-state index contributed by atoms with van der Waals surface area (Å²) in [5.41, 5.74) is 1.12. The topological polar surface area (TPSA) is 53.4 Å². The van der Waals surface area contributed by atoms with E-state index in [0.717, 1.165) is 26.2 Å². The smallest absolute Gasteiger partial charge is 0.258 e. The molecule has 0 bridgehead atoms. The number of quaternary nitrogens is 1. The Hall–Kier alpha value is -2.44. The highest BCUT2D eigenvalue weighted by Crippen LogP contribution is 2.18. The van der Waals surface area contributed by atoms with Gasteiger partial charge in [0.25, 0.3) is 5.56 Å². The fourth-order valence-corrected chi connectivity index (χ4v) is 3.60. The summed E-state index contributed by atoms with van der Waals surface area (Å²) in [6.45, 7) is 3.86. The van der Waals surface area contributed by atoms with E-state index in [0.29, 0.717) is 34.0 Å². The van der Waals surface area contributed by atoms with E-state index in [1.807, 2.05) is 12.1 Å². The van der Waals surface area contributed by atoms with Crippen molar-refractivity contribution in [2.24, 2.45) is 0 Å². The van der Waals surface area contributed by atoms with Gasteiger partial charge in [-0.25, -0.2) is 9.37 Å². The molecule has 0 unspecified atom stereocenters. The second-order valence-electron chi connectivity index (χ2n) is 6.54. The fraction of sp³-hybridized carbons (Fsp3) is 0.263. The van der Waals surface area contributed by atoms with Crippen molar-refractivity contribution in [3.8, 4) is 0 Å². The highest BCUT2D eigenvalue weighted by atomic mass is 35.5. The predicted octanol–water partition coefficient (Wildman–Crippen LogP) is 1.62. The maximum Gasteiger partial charge on any atom is 0.258 e. The molecule has 2 N–H and O–H groups in total. The molecule has 3 aromatic rings. The molecule has 7 heteroatoms. The summed E-state index contributed by atoms with van der Waals surface area (Å²) in [5.74, 6) is 0.465. The number of para-hydroxylation sites is 1. The normalized spacial score (nSPS) is 15.5. The highest BCUT2D eigenvalue weighted by Gasteiger charge is 2.22. The van der Waals surface area contributed by atoms with Crippen molar-refractivity contribution in [3.63, 3.8) is 0 Å². The zero-order valence-corrected chi connectivity index (χ0v) is 14.9. The van der Waals surface area contributed by atoms with E-state index in [1.165, 1.54) is 11.0 Å². The molecule has 1 aliphatic heterocycles. The van der Waals surface area contributed by atoms with Crippen LogP contribution in [0.4, 0.5) is 10.1 Å². The molecule has 0 saturated carbocycles. The van der Waals surface area contributed by atoms with Gasteiger partial charge in [0.2, 0.25) is 0 Å². The van der Waals surface area contributed by atoms with Crippen LogP contribution in [-0.4, -0.2) is 36.1 Å². The van der Waals surface area contributed by atoms with Crippen LogP contribution in [0.1, 0.15) is 5.82 Å². The molecule has 0 amide bonds. The van der Waals surface area contributed by atoms with Crippen LogP contribution in [-0.2, 0) is 6.54 Å². The van der Waals surface area contributed by atoms with Crippen LogP contribution in [0.2, 0.25) is 5.02 Å². The van der Waals surface area contributed by atoms with Gasteiger partial charge in [0.05, 0.1) is 42.8 Å². The number of anilines is 1. The zero-order chi connectivity index (χ0) is 18.1. The number of piperazine rings is 1. The first-order chi connectivity index (χ1) is 12.6. The number of benzene rings is 2. The minimum atomic E-state index is -0.187. The molecule has 134 valence electrons. The third-order valence-electron chi connectivity index (χ3n) is 4.80. The first kappa shape index (κ1) is 17.0. The number of halogens is 2. The number of hydrogen-bond donors (Lipinski definition) is 2. The van der Waals surface area contributed by atoms with Gasteiger partial charge in [-0.15, -0.1) is 0 Å². The van der Waals surface area contributed by atoms with E-state index in [1.54, 1.807) is 24.3 Å². The van der Waals surface area contributed by atoms with Crippen LogP contribution in [0.15, 0.2) is 47.3 Å². The first-order valence-corrected chi connectivity index (χ1v) is 8.99. The maximum absolute atomic E-state index is 13.9. The summed E-state index contributed by atoms with van der Waals surface area (Å²) < 4.78 is 13.9. The molecule has 1 saturated heterocycles. The molecule has 26 heavy (non-hydrogen) atoms. The molecule has 0 aliphatic carbocycles. The van der Waals surface area contributed by atoms with Crippen LogP contribution < -0.4 is 15.4 Å². The minimum absolute atomic E-state index is 0.147. The quantitative estimate of drug-likeness (QED) is 0.733. The third kappa shape index (κ3) is 3.43. The van der Waals surface area contributed by atoms with E-state index in [4.69, 9.17) is 11.6 Å². The molecule has 0 atom stereocenters. The maximum atomic E-state index is 13.9. The van der Waals surface area contributed by atoms with Gasteiger partial charge < -0.3 is 14.8 Å². The van der Waals surface area contributed by atoms with Crippen LogP contribution in [0.25, 0.3) is 10.9 Å². The summed E-state index contributed by atoms with van der Waals surface area (Å²) in [6.07, 6.45) is 0. The average molecular weight is 374 g/mol. The zero-order valence-electron chi connectivity index (χ0n) is 14.1. The van der Waals surface area contributed by atoms with Crippen molar-refractivity contribution >= 4 is 28.2 Å². The van der Waals surface area contributed by atoms with Gasteiger partial charge in [0, 0.05) is 5.02 Å². The predicted molar refractivity (Wildman–Crippen MR) is 100 cm³/mol. The van der Waals surface area contributed by atoms with Crippen LogP contribution in [0.5, 0.6) is 0 Å². The number of aromatic nitrogens is 2. The fourth-order valence-electron chi connectivity index (χ4n) is 3.43. The lowest BCUT2D eigenvalue weighted by molar-refractivity contribution is -0.915. The minimum Gasteiger partial charge on any atom is -0.358 e. The van der Waals surface area contributed by atoms with Gasteiger partial charge in [-0.05, 0) is 30.3 Å². The Labute approximate surface area is 155 Å². The van der Waals surface area contributed by atoms with Gasteiger partial charge in [-0.3, -0.25) is 4.79 Å². The van der Waals surface area contributed by atoms with Crippen molar-refractivity contribution in [1.29, 1.82) is 0 Å². The molecule has 2 aromatic carbocycles. The molecule has 1 aliphatic rings. The van der Waals surface area contributed by atoms with Crippen molar-refractivity contribution in [2.75, 3.05) is 31.1 Å². The Balaban J connectivity index is 1.47. The lowest BCUT2D eigenvalue weighted by Gasteiger charge is -2.33. The standard InChI is InChI=1S/C19H18ClFN4O/c20-13-5-6-14-16(11-13)22-18(23-19(14)26)12-24-7-9-25(10-8-24)17-4-2-1-3-15(17)21/h1-6,11H,7-10,12H2,(H,22,23,26)/p+1. The average Bonchev–Trinajstić information content (AvgIpc) is 2.62. The number of rotatable bonds is 3. The van der Waals surface area contributed by atoms with Crippen molar-refractivity contribution in [2.45, 2.75) is 6.54 Å². The van der Waals surface area contributed by atoms with Crippen molar-refractivity contribution < 1.29 is 9.29 Å². The van der Waals surface area contributed by atoms with Crippen LogP contribution in [0, 0.1) is 5.82 Å². The summed E-state index contributed by atoms with van der Waals surface area (Å²) >= 11 is 6.01. The molecule has 2 heterocycles. The van der Waals surface area contributed by atoms with Gasteiger partial charge in [0.1, 0.15) is 12.4 Å². The lowest BCUT2D eigenvalue weighted by atomic mass is 10.2. The van der Waals surface area contributed by atoms with Crippen molar-refractivity contribution in [3.05, 3.63) is 69.5 Å². The Morgan fingerprint density at radius 3 is 2.73 bits per heavy atom. The van der Waals surface area contributed by atoms with Gasteiger partial charge in [-0.1, -0.05) is 23.7 Å². The lowest BCUT2D eigenvalue weighted by Crippen LogP contribution is -3.13. The van der Waals surface area contributed by atoms with Crippen LogP contribution >= 0.6 is 11.6 Å². The second kappa shape index (κ2) is 7.05. The van der Waals surface area contributed by atoms with E-state index in [-0.39, 0.29) is 11.4 Å².